The molecule has 0 radical (unpaired) electrons. The van der Waals surface area contributed by atoms with Gasteiger partial charge in [0.1, 0.15) is 0 Å². The van der Waals surface area contributed by atoms with Gasteiger partial charge < -0.3 is 15.2 Å². The van der Waals surface area contributed by atoms with E-state index in [1.807, 2.05) is 0 Å². The number of carbonyl (C=O) groups excluding carboxylic acids is 1. The van der Waals surface area contributed by atoms with E-state index in [0.29, 0.717) is 0 Å². The molecule has 1 aromatic carbocycles. The predicted molar refractivity (Wildman–Crippen MR) is 78.0 cm³/mol. The van der Waals surface area contributed by atoms with Gasteiger partial charge in [0.15, 0.2) is 5.75 Å². The molecule has 8 heteroatoms. The molecule has 0 fully saturated rings. The maximum absolute atomic E-state index is 12.1. The van der Waals surface area contributed by atoms with Crippen LogP contribution in [0.4, 0.5) is 5.69 Å². The average Bonchev–Trinajstić information content (AvgIpc) is 2.46. The summed E-state index contributed by atoms with van der Waals surface area (Å²) in [5.41, 5.74) is -0.243. The Bertz CT molecular complexity index is 587. The molecule has 0 aliphatic rings. The van der Waals surface area contributed by atoms with Crippen molar-refractivity contribution in [1.82, 2.24) is 5.32 Å². The van der Waals surface area contributed by atoms with Gasteiger partial charge in [0.2, 0.25) is 0 Å². The summed E-state index contributed by atoms with van der Waals surface area (Å²) in [4.78, 5) is 33.3. The number of benzene rings is 1. The lowest BCUT2D eigenvalue weighted by molar-refractivity contribution is -0.385. The zero-order valence-electron chi connectivity index (χ0n) is 12.5. The number of hydrogen-bond donors (Lipinski definition) is 2. The number of nitro benzene ring substituents is 1. The average molecular weight is 310 g/mol. The molecule has 0 saturated heterocycles. The van der Waals surface area contributed by atoms with Gasteiger partial charge in [0.05, 0.1) is 17.4 Å². The number of nitrogens with one attached hydrogen (secondary N) is 1. The van der Waals surface area contributed by atoms with Gasteiger partial charge in [-0.1, -0.05) is 0 Å². The summed E-state index contributed by atoms with van der Waals surface area (Å²) in [6.45, 7) is 4.98. The molecule has 8 nitrogen and oxygen atoms in total. The van der Waals surface area contributed by atoms with Gasteiger partial charge in [0, 0.05) is 17.7 Å². The van der Waals surface area contributed by atoms with Crippen molar-refractivity contribution in [3.63, 3.8) is 0 Å². The van der Waals surface area contributed by atoms with Crippen LogP contribution in [0.2, 0.25) is 0 Å². The fourth-order valence-electron chi connectivity index (χ4n) is 1.71. The van der Waals surface area contributed by atoms with Crippen LogP contribution in [0, 0.1) is 16.0 Å². The van der Waals surface area contributed by atoms with Crippen molar-refractivity contribution in [3.05, 3.63) is 33.9 Å². The van der Waals surface area contributed by atoms with Crippen LogP contribution in [0.1, 0.15) is 31.1 Å². The third-order valence-electron chi connectivity index (χ3n) is 3.22. The largest absolute Gasteiger partial charge is 0.487 e. The van der Waals surface area contributed by atoms with E-state index >= 15 is 0 Å². The van der Waals surface area contributed by atoms with Crippen molar-refractivity contribution in [2.45, 2.75) is 26.8 Å². The Kier molecular flexibility index (Phi) is 5.85. The standard InChI is InChI=1S/C14H18N2O6/c1-4-22-12-6-5-10(7-11(12)16(20)21)13(17)15-9(3)8(2)14(18)19/h5-9H,4H2,1-3H3,(H,15,17)(H,18,19). The van der Waals surface area contributed by atoms with E-state index in [0.717, 1.165) is 6.07 Å². The number of aliphatic carboxylic acids is 1. The van der Waals surface area contributed by atoms with Gasteiger partial charge in [-0.15, -0.1) is 0 Å². The second-order valence-electron chi connectivity index (χ2n) is 4.76. The molecule has 2 N–H and O–H groups in total. The van der Waals surface area contributed by atoms with Crippen molar-refractivity contribution < 1.29 is 24.4 Å². The van der Waals surface area contributed by atoms with Crippen molar-refractivity contribution in [1.29, 1.82) is 0 Å². The summed E-state index contributed by atoms with van der Waals surface area (Å²) in [6.07, 6.45) is 0. The van der Waals surface area contributed by atoms with Gasteiger partial charge in [-0.05, 0) is 32.9 Å². The lowest BCUT2D eigenvalue weighted by Crippen LogP contribution is -2.40. The summed E-state index contributed by atoms with van der Waals surface area (Å²) in [6, 6.07) is 3.24. The van der Waals surface area contributed by atoms with Gasteiger partial charge in [-0.25, -0.2) is 0 Å². The Morgan fingerprint density at radius 3 is 2.55 bits per heavy atom. The molecule has 2 unspecified atom stereocenters. The number of carboxylic acids is 1. The van der Waals surface area contributed by atoms with E-state index in [2.05, 4.69) is 5.32 Å². The number of ether oxygens (including phenoxy) is 1. The monoisotopic (exact) mass is 310 g/mol. The highest BCUT2D eigenvalue weighted by molar-refractivity contribution is 5.95. The number of amides is 1. The highest BCUT2D eigenvalue weighted by Gasteiger charge is 2.23. The minimum absolute atomic E-state index is 0.0691. The first-order valence-corrected chi connectivity index (χ1v) is 6.72. The number of carbonyl (C=O) groups is 2. The van der Waals surface area contributed by atoms with Crippen molar-refractivity contribution in [2.24, 2.45) is 5.92 Å². The molecule has 0 spiro atoms. The van der Waals surface area contributed by atoms with Crippen molar-refractivity contribution in [2.75, 3.05) is 6.61 Å². The second-order valence-corrected chi connectivity index (χ2v) is 4.76. The maximum atomic E-state index is 12.1. The number of rotatable bonds is 7. The number of nitro groups is 1. The molecular formula is C14H18N2O6. The van der Waals surface area contributed by atoms with Crippen molar-refractivity contribution in [3.8, 4) is 5.75 Å². The Labute approximate surface area is 127 Å². The maximum Gasteiger partial charge on any atom is 0.311 e. The van der Waals surface area contributed by atoms with Gasteiger partial charge in [-0.3, -0.25) is 19.7 Å². The van der Waals surface area contributed by atoms with Crippen LogP contribution in [0.25, 0.3) is 0 Å². The zero-order chi connectivity index (χ0) is 16.9. The lowest BCUT2D eigenvalue weighted by atomic mass is 10.0. The molecule has 0 heterocycles. The van der Waals surface area contributed by atoms with E-state index in [9.17, 15) is 19.7 Å². The SMILES string of the molecule is CCOc1ccc(C(=O)NC(C)C(C)C(=O)O)cc1[N+](=O)[O-]. The van der Waals surface area contributed by atoms with Gasteiger partial charge in [-0.2, -0.15) is 0 Å². The third kappa shape index (κ3) is 4.18. The first-order chi connectivity index (χ1) is 10.3. The van der Waals surface area contributed by atoms with E-state index in [-0.39, 0.29) is 23.6 Å². The molecule has 1 rings (SSSR count). The highest BCUT2D eigenvalue weighted by atomic mass is 16.6. The van der Waals surface area contributed by atoms with Crippen LogP contribution in [0.3, 0.4) is 0 Å². The Morgan fingerprint density at radius 2 is 2.05 bits per heavy atom. The van der Waals surface area contributed by atoms with Crippen LogP contribution >= 0.6 is 0 Å². The van der Waals surface area contributed by atoms with Crippen LogP contribution in [-0.2, 0) is 4.79 Å². The molecule has 0 saturated carbocycles. The Morgan fingerprint density at radius 1 is 1.41 bits per heavy atom. The Hall–Kier alpha value is -2.64. The molecule has 0 aromatic heterocycles. The van der Waals surface area contributed by atoms with E-state index in [4.69, 9.17) is 9.84 Å². The van der Waals surface area contributed by atoms with E-state index in [1.165, 1.54) is 19.1 Å². The first-order valence-electron chi connectivity index (χ1n) is 6.72. The van der Waals surface area contributed by atoms with Gasteiger partial charge >= 0.3 is 11.7 Å². The fraction of sp³-hybridized carbons (Fsp3) is 0.429. The highest BCUT2D eigenvalue weighted by Crippen LogP contribution is 2.28. The molecule has 22 heavy (non-hydrogen) atoms. The fourth-order valence-corrected chi connectivity index (χ4v) is 1.71. The van der Waals surface area contributed by atoms with Crippen molar-refractivity contribution >= 4 is 17.6 Å². The predicted octanol–water partition coefficient (Wildman–Crippen LogP) is 1.83. The minimum atomic E-state index is -1.04. The summed E-state index contributed by atoms with van der Waals surface area (Å²) >= 11 is 0. The zero-order valence-corrected chi connectivity index (χ0v) is 12.5. The molecule has 1 amide bonds. The molecule has 0 bridgehead atoms. The molecule has 1 aromatic rings. The molecule has 120 valence electrons. The smallest absolute Gasteiger partial charge is 0.311 e. The van der Waals surface area contributed by atoms with Crippen LogP contribution in [0.5, 0.6) is 5.75 Å². The summed E-state index contributed by atoms with van der Waals surface area (Å²) in [7, 11) is 0. The number of hydrogen-bond acceptors (Lipinski definition) is 5. The van der Waals surface area contributed by atoms with Crippen LogP contribution < -0.4 is 10.1 Å². The second kappa shape index (κ2) is 7.39. The topological polar surface area (TPSA) is 119 Å². The number of carboxylic acid groups (broad SMARTS) is 1. The lowest BCUT2D eigenvalue weighted by Gasteiger charge is -2.17. The summed E-state index contributed by atoms with van der Waals surface area (Å²) < 4.78 is 5.13. The third-order valence-corrected chi connectivity index (χ3v) is 3.22. The van der Waals surface area contributed by atoms with E-state index in [1.54, 1.807) is 13.8 Å². The molecule has 0 aliphatic heterocycles. The molecule has 0 aliphatic carbocycles. The number of nitrogens with zero attached hydrogens (tertiary/aromatic N) is 1. The summed E-state index contributed by atoms with van der Waals surface area (Å²) in [5.74, 6) is -2.31. The van der Waals surface area contributed by atoms with Gasteiger partial charge in [0.25, 0.3) is 5.91 Å². The molecule has 2 atom stereocenters. The quantitative estimate of drug-likeness (QED) is 0.586. The van der Waals surface area contributed by atoms with Crippen LogP contribution in [-0.4, -0.2) is 34.6 Å². The minimum Gasteiger partial charge on any atom is -0.487 e. The normalized spacial score (nSPS) is 13.0. The molecular weight excluding hydrogens is 292 g/mol. The van der Waals surface area contributed by atoms with Crippen LogP contribution in [0.15, 0.2) is 18.2 Å². The Balaban J connectivity index is 2.97. The summed E-state index contributed by atoms with van der Waals surface area (Å²) in [5, 5.41) is 22.4. The first kappa shape index (κ1) is 17.4. The van der Waals surface area contributed by atoms with E-state index < -0.39 is 28.8 Å².